The summed E-state index contributed by atoms with van der Waals surface area (Å²) in [6, 6.07) is 0. The first-order valence-electron chi connectivity index (χ1n) is 8.81. The van der Waals surface area contributed by atoms with Gasteiger partial charge in [0.05, 0.1) is 12.9 Å². The zero-order valence-electron chi connectivity index (χ0n) is 15.0. The van der Waals surface area contributed by atoms with Crippen LogP contribution < -0.4 is 16.8 Å². The van der Waals surface area contributed by atoms with Gasteiger partial charge in [-0.1, -0.05) is 12.2 Å². The summed E-state index contributed by atoms with van der Waals surface area (Å²) in [6.45, 7) is 0.752. The minimum Gasteiger partial charge on any atom is -0.394 e. The predicted octanol–water partition coefficient (Wildman–Crippen LogP) is -1.43. The second kappa shape index (κ2) is 8.79. The van der Waals surface area contributed by atoms with E-state index in [2.05, 4.69) is 25.3 Å². The predicted molar refractivity (Wildman–Crippen MR) is 104 cm³/mol. The molecule has 9 N–H and O–H groups in total. The molecule has 2 unspecified atom stereocenters. The van der Waals surface area contributed by atoms with E-state index in [9.17, 15) is 15.3 Å². The third-order valence-electron chi connectivity index (χ3n) is 4.41. The van der Waals surface area contributed by atoms with Crippen LogP contribution in [0.3, 0.4) is 0 Å². The van der Waals surface area contributed by atoms with Gasteiger partial charge >= 0.3 is 0 Å². The Bertz CT molecular complexity index is 896. The van der Waals surface area contributed by atoms with Gasteiger partial charge in [-0.2, -0.15) is 0 Å². The molecule has 0 aliphatic carbocycles. The molecule has 0 saturated carbocycles. The monoisotopic (exact) mass is 412 g/mol. The number of ether oxygens (including phenoxy) is 1. The van der Waals surface area contributed by atoms with Gasteiger partial charge in [0, 0.05) is 13.1 Å². The summed E-state index contributed by atoms with van der Waals surface area (Å²) >= 11 is 5.29. The molecule has 1 aliphatic rings. The summed E-state index contributed by atoms with van der Waals surface area (Å²) in [5, 5.41) is 32.6. The minimum atomic E-state index is -1.23. The fraction of sp³-hybridized carbons (Fsp3) is 0.600. The minimum absolute atomic E-state index is 0.0716. The second-order valence-corrected chi connectivity index (χ2v) is 6.80. The molecule has 0 amide bonds. The number of hydrogen-bond donors (Lipinski definition) is 7. The van der Waals surface area contributed by atoms with Gasteiger partial charge < -0.3 is 41.8 Å². The molecule has 4 atom stereocenters. The van der Waals surface area contributed by atoms with E-state index < -0.39 is 31.1 Å². The quantitative estimate of drug-likeness (QED) is 0.117. The van der Waals surface area contributed by atoms with Crippen molar-refractivity contribution in [3.05, 3.63) is 11.0 Å². The van der Waals surface area contributed by atoms with Crippen molar-refractivity contribution < 1.29 is 20.1 Å². The molecule has 0 radical (unpaired) electrons. The number of nitrogens with zero attached hydrogens (tertiary/aromatic N) is 4. The Balaban J connectivity index is 1.74. The number of unbranched alkanes of at least 4 members (excludes halogenated alkanes) is 1. The molecule has 13 heteroatoms. The molecule has 0 bridgehead atoms. The number of nitrogens with one attached hydrogen (secondary N) is 2. The highest BCUT2D eigenvalue weighted by molar-refractivity contribution is 7.71. The number of guanidine groups is 1. The van der Waals surface area contributed by atoms with Gasteiger partial charge in [0.25, 0.3) is 0 Å². The molecule has 0 spiro atoms. The van der Waals surface area contributed by atoms with Gasteiger partial charge in [-0.3, -0.25) is 9.56 Å². The van der Waals surface area contributed by atoms with Crippen LogP contribution in [-0.2, 0) is 4.74 Å². The first-order valence-corrected chi connectivity index (χ1v) is 9.21. The van der Waals surface area contributed by atoms with Crippen molar-refractivity contribution in [3.63, 3.8) is 0 Å². The third kappa shape index (κ3) is 4.23. The number of anilines is 1. The number of H-pyrrole nitrogens is 1. The van der Waals surface area contributed by atoms with Crippen molar-refractivity contribution in [2.24, 2.45) is 16.5 Å². The van der Waals surface area contributed by atoms with Crippen molar-refractivity contribution in [1.82, 2.24) is 19.5 Å². The summed E-state index contributed by atoms with van der Waals surface area (Å²) in [4.78, 5) is 15.5. The molecular weight excluding hydrogens is 388 g/mol. The fourth-order valence-electron chi connectivity index (χ4n) is 2.97. The van der Waals surface area contributed by atoms with Gasteiger partial charge in [0.2, 0.25) is 5.95 Å². The zero-order chi connectivity index (χ0) is 20.3. The van der Waals surface area contributed by atoms with E-state index in [1.165, 1.54) is 10.9 Å². The van der Waals surface area contributed by atoms with Crippen LogP contribution in [0, 0.1) is 4.64 Å². The number of aromatic amines is 1. The molecule has 1 saturated heterocycles. The number of fused-ring (bicyclic) bond motifs is 1. The molecule has 2 aromatic rings. The smallest absolute Gasteiger partial charge is 0.203 e. The summed E-state index contributed by atoms with van der Waals surface area (Å²) in [5.41, 5.74) is 11.5. The summed E-state index contributed by atoms with van der Waals surface area (Å²) in [7, 11) is 0. The normalized spacial score (nSPS) is 24.5. The van der Waals surface area contributed by atoms with E-state index in [-0.39, 0.29) is 10.6 Å². The summed E-state index contributed by atoms with van der Waals surface area (Å²) in [6.07, 6.45) is -1.18. The van der Waals surface area contributed by atoms with Crippen LogP contribution >= 0.6 is 12.2 Å². The SMILES string of the molecule is NC(N)=NCCCCNc1nc(=S)c2ncn([C@@H]3O[C@H](CO)C(O)C3O)c2[nH]1. The Morgan fingerprint density at radius 2 is 2.14 bits per heavy atom. The molecule has 28 heavy (non-hydrogen) atoms. The molecule has 1 aliphatic heterocycles. The first-order chi connectivity index (χ1) is 13.4. The summed E-state index contributed by atoms with van der Waals surface area (Å²) < 4.78 is 7.37. The number of imidazole rings is 1. The molecule has 3 heterocycles. The highest BCUT2D eigenvalue weighted by Gasteiger charge is 2.43. The van der Waals surface area contributed by atoms with E-state index >= 15 is 0 Å². The van der Waals surface area contributed by atoms with Crippen molar-refractivity contribution in [3.8, 4) is 0 Å². The lowest BCUT2D eigenvalue weighted by Crippen LogP contribution is -2.33. The van der Waals surface area contributed by atoms with Crippen LogP contribution in [0.15, 0.2) is 11.3 Å². The van der Waals surface area contributed by atoms with E-state index in [4.69, 9.17) is 28.4 Å². The van der Waals surface area contributed by atoms with Crippen LogP contribution in [-0.4, -0.2) is 78.8 Å². The lowest BCUT2D eigenvalue weighted by molar-refractivity contribution is -0.0511. The summed E-state index contributed by atoms with van der Waals surface area (Å²) in [5.74, 6) is 0.509. The molecule has 3 rings (SSSR count). The average Bonchev–Trinajstić information content (AvgIpc) is 3.20. The Hall–Kier alpha value is -2.32. The maximum absolute atomic E-state index is 10.3. The van der Waals surface area contributed by atoms with Gasteiger partial charge in [0.1, 0.15) is 29.5 Å². The fourth-order valence-corrected chi connectivity index (χ4v) is 3.21. The molecule has 2 aromatic heterocycles. The van der Waals surface area contributed by atoms with Gasteiger partial charge in [0.15, 0.2) is 16.8 Å². The van der Waals surface area contributed by atoms with Gasteiger partial charge in [-0.05, 0) is 12.8 Å². The number of hydrogen-bond acceptors (Lipinski definition) is 9. The van der Waals surface area contributed by atoms with Crippen LogP contribution in [0.4, 0.5) is 5.95 Å². The van der Waals surface area contributed by atoms with Crippen LogP contribution in [0.2, 0.25) is 0 Å². The van der Waals surface area contributed by atoms with E-state index in [1.54, 1.807) is 0 Å². The average molecular weight is 412 g/mol. The van der Waals surface area contributed by atoms with Crippen LogP contribution in [0.1, 0.15) is 19.1 Å². The third-order valence-corrected chi connectivity index (χ3v) is 4.69. The Morgan fingerprint density at radius 1 is 1.36 bits per heavy atom. The molecule has 154 valence electrons. The first kappa shape index (κ1) is 20.4. The molecule has 0 aromatic carbocycles. The Labute approximate surface area is 165 Å². The van der Waals surface area contributed by atoms with E-state index in [0.29, 0.717) is 30.2 Å². The van der Waals surface area contributed by atoms with Gasteiger partial charge in [-0.25, -0.2) is 9.97 Å². The van der Waals surface area contributed by atoms with E-state index in [1.807, 2.05) is 0 Å². The van der Waals surface area contributed by atoms with Crippen molar-refractivity contribution in [2.45, 2.75) is 37.4 Å². The van der Waals surface area contributed by atoms with Crippen LogP contribution in [0.25, 0.3) is 11.2 Å². The number of aliphatic hydroxyl groups is 3. The lowest BCUT2D eigenvalue weighted by Gasteiger charge is -2.17. The Morgan fingerprint density at radius 3 is 2.82 bits per heavy atom. The maximum Gasteiger partial charge on any atom is 0.203 e. The highest BCUT2D eigenvalue weighted by atomic mass is 32.1. The molecule has 1 fully saturated rings. The zero-order valence-corrected chi connectivity index (χ0v) is 15.8. The number of rotatable bonds is 8. The van der Waals surface area contributed by atoms with Gasteiger partial charge in [-0.15, -0.1) is 0 Å². The second-order valence-electron chi connectivity index (χ2n) is 6.41. The largest absolute Gasteiger partial charge is 0.394 e. The van der Waals surface area contributed by atoms with Crippen LogP contribution in [0.5, 0.6) is 0 Å². The number of aromatic nitrogens is 4. The number of aliphatic imine (C=N–C) groups is 1. The number of nitrogens with two attached hydrogens (primary N) is 2. The van der Waals surface area contributed by atoms with Crippen molar-refractivity contribution in [2.75, 3.05) is 25.0 Å². The standard InChI is InChI=1S/C15H24N8O4S/c16-14(17)18-3-1-2-4-19-15-21-11-8(12(28)22-15)20-6-23(11)13-10(26)9(25)7(5-24)27-13/h6-7,9-10,13,24-26H,1-5H2,(H4,16,17,18)(H2,19,21,22,28)/t7-,9?,10?,13-/m1/s1. The Kier molecular flexibility index (Phi) is 6.41. The topological polar surface area (TPSA) is 193 Å². The van der Waals surface area contributed by atoms with E-state index in [0.717, 1.165) is 12.8 Å². The number of aliphatic hydroxyl groups excluding tert-OH is 3. The maximum atomic E-state index is 10.3. The molecular formula is C15H24N8O4S. The molecule has 12 nitrogen and oxygen atoms in total. The van der Waals surface area contributed by atoms with Crippen molar-refractivity contribution >= 4 is 35.3 Å². The van der Waals surface area contributed by atoms with Crippen molar-refractivity contribution in [1.29, 1.82) is 0 Å². The lowest BCUT2D eigenvalue weighted by atomic mass is 10.1. The highest BCUT2D eigenvalue weighted by Crippen LogP contribution is 2.31.